The van der Waals surface area contributed by atoms with Crippen LogP contribution in [0, 0.1) is 5.82 Å². The molecule has 2 fully saturated rings. The molecular weight excluding hydrogens is 373 g/mol. The van der Waals surface area contributed by atoms with E-state index in [4.69, 9.17) is 4.74 Å². The summed E-state index contributed by atoms with van der Waals surface area (Å²) in [6, 6.07) is 13.7. The first-order valence-corrected chi connectivity index (χ1v) is 9.77. The second-order valence-electron chi connectivity index (χ2n) is 7.72. The average Bonchev–Trinajstić information content (AvgIpc) is 3.41. The number of aromatic nitrogens is 1. The van der Waals surface area contributed by atoms with Crippen molar-refractivity contribution in [2.24, 2.45) is 0 Å². The Morgan fingerprint density at radius 1 is 1.24 bits per heavy atom. The van der Waals surface area contributed by atoms with Crippen molar-refractivity contribution in [2.45, 2.75) is 30.7 Å². The Kier molecular flexibility index (Phi) is 4.49. The van der Waals surface area contributed by atoms with E-state index in [1.54, 1.807) is 11.0 Å². The molecule has 0 spiro atoms. The number of carbonyl (C=O) groups is 1. The first-order chi connectivity index (χ1) is 14.1. The third-order valence-corrected chi connectivity index (χ3v) is 6.03. The second kappa shape index (κ2) is 7.17. The third kappa shape index (κ3) is 3.16. The van der Waals surface area contributed by atoms with E-state index in [-0.39, 0.29) is 30.4 Å². The number of aliphatic hydroxyl groups is 1. The molecule has 3 heterocycles. The lowest BCUT2D eigenvalue weighted by molar-refractivity contribution is 0.0609. The van der Waals surface area contributed by atoms with Gasteiger partial charge in [-0.2, -0.15) is 0 Å². The minimum Gasteiger partial charge on any atom is -0.445 e. The molecule has 150 valence electrons. The topological polar surface area (TPSA) is 77.6 Å². The first-order valence-electron chi connectivity index (χ1n) is 9.77. The average molecular weight is 395 g/mol. The van der Waals surface area contributed by atoms with E-state index in [9.17, 15) is 14.3 Å². The molecule has 2 saturated heterocycles. The van der Waals surface area contributed by atoms with E-state index < -0.39 is 12.2 Å². The molecule has 0 radical (unpaired) electrons. The summed E-state index contributed by atoms with van der Waals surface area (Å²) in [5.41, 5.74) is 2.65. The van der Waals surface area contributed by atoms with E-state index in [1.807, 2.05) is 36.5 Å². The summed E-state index contributed by atoms with van der Waals surface area (Å²) in [7, 11) is 0. The summed E-state index contributed by atoms with van der Waals surface area (Å²) in [4.78, 5) is 17.6. The van der Waals surface area contributed by atoms with Crippen LogP contribution >= 0.6 is 0 Å². The smallest absolute Gasteiger partial charge is 0.410 e. The molecule has 3 unspecified atom stereocenters. The fourth-order valence-electron chi connectivity index (χ4n) is 4.68. The molecule has 3 N–H and O–H groups in total. The number of likely N-dealkylation sites (tertiary alicyclic amines) is 1. The maximum Gasteiger partial charge on any atom is 0.410 e. The van der Waals surface area contributed by atoms with E-state index in [0.717, 1.165) is 22.0 Å². The van der Waals surface area contributed by atoms with Crippen LogP contribution in [-0.4, -0.2) is 52.4 Å². The number of nitrogens with one attached hydrogen (secondary N) is 2. The Morgan fingerprint density at radius 2 is 2.07 bits per heavy atom. The van der Waals surface area contributed by atoms with Gasteiger partial charge in [-0.1, -0.05) is 30.3 Å². The summed E-state index contributed by atoms with van der Waals surface area (Å²) >= 11 is 0. The van der Waals surface area contributed by atoms with E-state index >= 15 is 0 Å². The van der Waals surface area contributed by atoms with Crippen LogP contribution < -0.4 is 5.32 Å². The molecule has 0 aliphatic carbocycles. The standard InChI is InChI=1S/C22H22FN3O3/c23-14-6-7-15-16(9-24-18(15)8-14)17-11-26(21-19(27)10-25-20(17)21)22(28)29-12-13-4-2-1-3-5-13/h1-9,17,19-21,24-25,27H,10-12H2/t17?,19-,20?,21?/m0/s1. The number of aliphatic hydroxyl groups excluding tert-OH is 1. The summed E-state index contributed by atoms with van der Waals surface area (Å²) < 4.78 is 19.1. The van der Waals surface area contributed by atoms with Crippen LogP contribution in [0.15, 0.2) is 54.7 Å². The van der Waals surface area contributed by atoms with Gasteiger partial charge in [-0.05, 0) is 29.3 Å². The minimum atomic E-state index is -0.656. The first kappa shape index (κ1) is 18.1. The van der Waals surface area contributed by atoms with Crippen molar-refractivity contribution >= 4 is 17.0 Å². The van der Waals surface area contributed by atoms with Gasteiger partial charge in [0.25, 0.3) is 0 Å². The predicted molar refractivity (Wildman–Crippen MR) is 106 cm³/mol. The number of β-amino-alcohol motifs (C(OH)–C–C–N with tert-alkyl or cyclic N) is 1. The van der Waals surface area contributed by atoms with Crippen LogP contribution in [-0.2, 0) is 11.3 Å². The van der Waals surface area contributed by atoms with Gasteiger partial charge in [-0.25, -0.2) is 9.18 Å². The zero-order chi connectivity index (χ0) is 20.0. The molecule has 5 rings (SSSR count). The molecule has 1 aromatic heterocycles. The van der Waals surface area contributed by atoms with E-state index in [1.165, 1.54) is 12.1 Å². The summed E-state index contributed by atoms with van der Waals surface area (Å²) in [6.45, 7) is 1.04. The molecular formula is C22H22FN3O3. The molecule has 2 aliphatic rings. The number of hydrogen-bond acceptors (Lipinski definition) is 4. The molecule has 0 bridgehead atoms. The SMILES string of the molecule is O=C(OCc1ccccc1)N1CC(c2c[nH]c3cc(F)ccc23)C2NC[C@H](O)C21. The zero-order valence-electron chi connectivity index (χ0n) is 15.7. The number of aromatic amines is 1. The highest BCUT2D eigenvalue weighted by Crippen LogP contribution is 2.39. The molecule has 2 aliphatic heterocycles. The normalized spacial score (nSPS) is 26.1. The molecule has 29 heavy (non-hydrogen) atoms. The highest BCUT2D eigenvalue weighted by molar-refractivity contribution is 5.84. The fourth-order valence-corrected chi connectivity index (χ4v) is 4.68. The molecule has 1 amide bonds. The van der Waals surface area contributed by atoms with Gasteiger partial charge in [-0.3, -0.25) is 0 Å². The Labute approximate surface area is 167 Å². The summed E-state index contributed by atoms with van der Waals surface area (Å²) in [5, 5.41) is 14.8. The highest BCUT2D eigenvalue weighted by atomic mass is 19.1. The monoisotopic (exact) mass is 395 g/mol. The lowest BCUT2D eigenvalue weighted by Gasteiger charge is -2.25. The Bertz CT molecular complexity index is 1040. The van der Waals surface area contributed by atoms with Gasteiger partial charge >= 0.3 is 6.09 Å². The number of halogens is 1. The molecule has 2 aromatic carbocycles. The maximum absolute atomic E-state index is 13.5. The van der Waals surface area contributed by atoms with Gasteiger partial charge in [0.2, 0.25) is 0 Å². The highest BCUT2D eigenvalue weighted by Gasteiger charge is 2.52. The number of H-pyrrole nitrogens is 1. The van der Waals surface area contributed by atoms with Crippen molar-refractivity contribution < 1.29 is 19.0 Å². The van der Waals surface area contributed by atoms with Crippen LogP contribution in [0.4, 0.5) is 9.18 Å². The van der Waals surface area contributed by atoms with Gasteiger partial charge in [0.1, 0.15) is 12.4 Å². The lowest BCUT2D eigenvalue weighted by Crippen LogP contribution is -2.44. The molecule has 3 aromatic rings. The summed E-state index contributed by atoms with van der Waals surface area (Å²) in [5.74, 6) is -0.323. The van der Waals surface area contributed by atoms with Crippen molar-refractivity contribution in [1.82, 2.24) is 15.2 Å². The molecule has 4 atom stereocenters. The molecule has 7 heteroatoms. The number of benzene rings is 2. The van der Waals surface area contributed by atoms with Gasteiger partial charge in [0.15, 0.2) is 0 Å². The van der Waals surface area contributed by atoms with Crippen molar-refractivity contribution in [2.75, 3.05) is 13.1 Å². The second-order valence-corrected chi connectivity index (χ2v) is 7.72. The van der Waals surface area contributed by atoms with E-state index in [2.05, 4.69) is 10.3 Å². The van der Waals surface area contributed by atoms with E-state index in [0.29, 0.717) is 13.1 Å². The summed E-state index contributed by atoms with van der Waals surface area (Å²) in [6.07, 6.45) is 0.786. The van der Waals surface area contributed by atoms with Gasteiger partial charge < -0.3 is 25.0 Å². The van der Waals surface area contributed by atoms with Crippen LogP contribution in [0.1, 0.15) is 17.0 Å². The number of ether oxygens (including phenoxy) is 1. The van der Waals surface area contributed by atoms with Crippen molar-refractivity contribution in [1.29, 1.82) is 0 Å². The van der Waals surface area contributed by atoms with Gasteiger partial charge in [0.05, 0.1) is 12.1 Å². The number of amides is 1. The minimum absolute atomic E-state index is 0.0272. The quantitative estimate of drug-likeness (QED) is 0.637. The number of carbonyl (C=O) groups excluding carboxylic acids is 1. The zero-order valence-corrected chi connectivity index (χ0v) is 15.7. The lowest BCUT2D eigenvalue weighted by atomic mass is 9.91. The largest absolute Gasteiger partial charge is 0.445 e. The van der Waals surface area contributed by atoms with Crippen LogP contribution in [0.25, 0.3) is 10.9 Å². The van der Waals surface area contributed by atoms with Crippen LogP contribution in [0.3, 0.4) is 0 Å². The molecule has 0 saturated carbocycles. The van der Waals surface area contributed by atoms with Crippen molar-refractivity contribution in [3.8, 4) is 0 Å². The Morgan fingerprint density at radius 3 is 2.90 bits per heavy atom. The van der Waals surface area contributed by atoms with Gasteiger partial charge in [0, 0.05) is 42.1 Å². The van der Waals surface area contributed by atoms with Crippen molar-refractivity contribution in [3.63, 3.8) is 0 Å². The number of fused-ring (bicyclic) bond motifs is 2. The Balaban J connectivity index is 1.40. The number of nitrogens with zero attached hydrogens (tertiary/aromatic N) is 1. The van der Waals surface area contributed by atoms with Crippen LogP contribution in [0.5, 0.6) is 0 Å². The Hall–Kier alpha value is -2.90. The number of hydrogen-bond donors (Lipinski definition) is 3. The maximum atomic E-state index is 13.5. The van der Waals surface area contributed by atoms with Gasteiger partial charge in [-0.15, -0.1) is 0 Å². The van der Waals surface area contributed by atoms with Crippen LogP contribution in [0.2, 0.25) is 0 Å². The molecule has 6 nitrogen and oxygen atoms in total. The number of rotatable bonds is 3. The fraction of sp³-hybridized carbons (Fsp3) is 0.318. The van der Waals surface area contributed by atoms with Crippen molar-refractivity contribution in [3.05, 3.63) is 71.7 Å². The predicted octanol–water partition coefficient (Wildman–Crippen LogP) is 2.74. The third-order valence-electron chi connectivity index (χ3n) is 6.03.